The molecule has 0 bridgehead atoms. The van der Waals surface area contributed by atoms with Crippen LogP contribution in [0, 0.1) is 11.3 Å². The van der Waals surface area contributed by atoms with Crippen LogP contribution in [0.25, 0.3) is 0 Å². The number of nitrogens with zero attached hydrogens (tertiary/aromatic N) is 6. The molecule has 2 aliphatic carbocycles. The minimum Gasteiger partial charge on any atom is -0.302 e. The van der Waals surface area contributed by atoms with Crippen LogP contribution < -0.4 is 11.2 Å². The molecule has 0 radical (unpaired) electrons. The maximum absolute atomic E-state index is 12.2. The van der Waals surface area contributed by atoms with Crippen LogP contribution >= 0.6 is 11.8 Å². The summed E-state index contributed by atoms with van der Waals surface area (Å²) >= 11 is 1.18. The van der Waals surface area contributed by atoms with Gasteiger partial charge in [0, 0.05) is 26.1 Å². The molecule has 2 aliphatic rings. The first-order valence-electron chi connectivity index (χ1n) is 7.85. The Balaban J connectivity index is 1.84. The van der Waals surface area contributed by atoms with Crippen molar-refractivity contribution in [1.29, 1.82) is 5.26 Å². The summed E-state index contributed by atoms with van der Waals surface area (Å²) in [6.45, 7) is 0. The summed E-state index contributed by atoms with van der Waals surface area (Å²) in [7, 11) is 2.93. The normalized spacial score (nSPS) is 17.0. The summed E-state index contributed by atoms with van der Waals surface area (Å²) < 4.78 is 4.41. The molecule has 0 atom stereocenters. The minimum atomic E-state index is -0.581. The number of hydrogen-bond donors (Lipinski definition) is 0. The smallest absolute Gasteiger partial charge is 0.302 e. The molecule has 2 heterocycles. The number of aromatic nitrogens is 5. The molecule has 2 saturated carbocycles. The van der Waals surface area contributed by atoms with Crippen molar-refractivity contribution in [2.24, 2.45) is 14.1 Å². The van der Waals surface area contributed by atoms with E-state index < -0.39 is 11.2 Å². The number of rotatable bonds is 4. The lowest BCUT2D eigenvalue weighted by atomic mass is 10.3. The molecule has 0 spiro atoms. The predicted octanol–water partition coefficient (Wildman–Crippen LogP) is 0.911. The highest BCUT2D eigenvalue weighted by atomic mass is 32.2. The quantitative estimate of drug-likeness (QED) is 0.765. The van der Waals surface area contributed by atoms with Gasteiger partial charge in [-0.05, 0) is 37.4 Å². The third-order valence-electron chi connectivity index (χ3n) is 4.46. The molecule has 9 heteroatoms. The zero-order valence-electron chi connectivity index (χ0n) is 13.4. The molecule has 0 aliphatic heterocycles. The van der Waals surface area contributed by atoms with Gasteiger partial charge in [0.1, 0.15) is 22.5 Å². The lowest BCUT2D eigenvalue weighted by molar-refractivity contribution is 0.614. The van der Waals surface area contributed by atoms with E-state index in [0.717, 1.165) is 36.1 Å². The van der Waals surface area contributed by atoms with Crippen LogP contribution in [0.3, 0.4) is 0 Å². The number of nitriles is 1. The van der Waals surface area contributed by atoms with Gasteiger partial charge < -0.3 is 4.57 Å². The monoisotopic (exact) mass is 344 g/mol. The SMILES string of the molecule is Cn1c(Sc2nnc(C3CC3)n2C2CC2)c(C#N)c(=O)n(C)c1=O. The highest BCUT2D eigenvalue weighted by Crippen LogP contribution is 2.46. The summed E-state index contributed by atoms with van der Waals surface area (Å²) in [6.07, 6.45) is 4.44. The topological polar surface area (TPSA) is 98.5 Å². The molecule has 24 heavy (non-hydrogen) atoms. The maximum atomic E-state index is 12.2. The van der Waals surface area contributed by atoms with Crippen molar-refractivity contribution < 1.29 is 0 Å². The first-order chi connectivity index (χ1) is 11.5. The molecular formula is C15H16N6O2S. The van der Waals surface area contributed by atoms with E-state index in [1.807, 2.05) is 6.07 Å². The van der Waals surface area contributed by atoms with E-state index in [9.17, 15) is 14.9 Å². The van der Waals surface area contributed by atoms with Gasteiger partial charge in [-0.3, -0.25) is 13.9 Å². The zero-order valence-corrected chi connectivity index (χ0v) is 14.2. The van der Waals surface area contributed by atoms with Crippen LogP contribution in [0.15, 0.2) is 19.8 Å². The van der Waals surface area contributed by atoms with E-state index in [4.69, 9.17) is 0 Å². The number of hydrogen-bond acceptors (Lipinski definition) is 6. The van der Waals surface area contributed by atoms with Crippen molar-refractivity contribution in [1.82, 2.24) is 23.9 Å². The Morgan fingerprint density at radius 2 is 1.83 bits per heavy atom. The Hall–Kier alpha value is -2.34. The average Bonchev–Trinajstić information content (AvgIpc) is 3.50. The van der Waals surface area contributed by atoms with Gasteiger partial charge in [0.05, 0.1) is 0 Å². The first kappa shape index (κ1) is 15.2. The molecule has 0 amide bonds. The van der Waals surface area contributed by atoms with Gasteiger partial charge in [-0.2, -0.15) is 5.26 Å². The van der Waals surface area contributed by atoms with Gasteiger partial charge in [0.25, 0.3) is 5.56 Å². The van der Waals surface area contributed by atoms with Crippen molar-refractivity contribution in [3.63, 3.8) is 0 Å². The first-order valence-corrected chi connectivity index (χ1v) is 8.67. The third-order valence-corrected chi connectivity index (χ3v) is 5.59. The molecule has 2 fully saturated rings. The Kier molecular flexibility index (Phi) is 3.38. The van der Waals surface area contributed by atoms with Gasteiger partial charge >= 0.3 is 5.69 Å². The fourth-order valence-electron chi connectivity index (χ4n) is 2.78. The van der Waals surface area contributed by atoms with Crippen LogP contribution in [0.1, 0.15) is 49.0 Å². The van der Waals surface area contributed by atoms with Crippen LogP contribution in [0.5, 0.6) is 0 Å². The van der Waals surface area contributed by atoms with Gasteiger partial charge in [-0.15, -0.1) is 10.2 Å². The predicted molar refractivity (Wildman–Crippen MR) is 86.0 cm³/mol. The average molecular weight is 344 g/mol. The molecule has 2 aromatic heterocycles. The summed E-state index contributed by atoms with van der Waals surface area (Å²) in [4.78, 5) is 24.4. The van der Waals surface area contributed by atoms with Crippen LogP contribution in [-0.4, -0.2) is 23.9 Å². The lowest BCUT2D eigenvalue weighted by Crippen LogP contribution is -2.39. The Morgan fingerprint density at radius 3 is 2.42 bits per heavy atom. The highest BCUT2D eigenvalue weighted by molar-refractivity contribution is 7.99. The second kappa shape index (κ2) is 5.34. The minimum absolute atomic E-state index is 0.0390. The van der Waals surface area contributed by atoms with E-state index >= 15 is 0 Å². The van der Waals surface area contributed by atoms with Gasteiger partial charge in [0.2, 0.25) is 0 Å². The standard InChI is InChI=1S/C15H16N6O2S/c1-19-12(22)10(7-16)13(20(2)15(19)23)24-14-18-17-11(8-3-4-8)21(14)9-5-6-9/h8-9H,3-6H2,1-2H3. The van der Waals surface area contributed by atoms with Crippen molar-refractivity contribution >= 4 is 11.8 Å². The Morgan fingerprint density at radius 1 is 1.12 bits per heavy atom. The van der Waals surface area contributed by atoms with Crippen LogP contribution in [0.4, 0.5) is 0 Å². The molecule has 2 aromatic rings. The maximum Gasteiger partial charge on any atom is 0.331 e. The van der Waals surface area contributed by atoms with Crippen molar-refractivity contribution in [3.8, 4) is 6.07 Å². The molecule has 8 nitrogen and oxygen atoms in total. The second-order valence-corrected chi connectivity index (χ2v) is 7.27. The van der Waals surface area contributed by atoms with Crippen molar-refractivity contribution in [2.75, 3.05) is 0 Å². The van der Waals surface area contributed by atoms with Gasteiger partial charge in [-0.25, -0.2) is 4.79 Å². The van der Waals surface area contributed by atoms with Crippen LogP contribution in [0.2, 0.25) is 0 Å². The lowest BCUT2D eigenvalue weighted by Gasteiger charge is -2.12. The largest absolute Gasteiger partial charge is 0.331 e. The molecule has 124 valence electrons. The summed E-state index contributed by atoms with van der Waals surface area (Å²) in [5.74, 6) is 1.46. The van der Waals surface area contributed by atoms with E-state index in [1.165, 1.54) is 23.4 Å². The molecule has 4 rings (SSSR count). The molecule has 0 saturated heterocycles. The zero-order chi connectivity index (χ0) is 17.0. The van der Waals surface area contributed by atoms with E-state index in [-0.39, 0.29) is 5.56 Å². The fourth-order valence-corrected chi connectivity index (χ4v) is 3.83. The Bertz CT molecular complexity index is 987. The second-order valence-electron chi connectivity index (χ2n) is 6.32. The molecule has 0 aromatic carbocycles. The van der Waals surface area contributed by atoms with Gasteiger partial charge in [-0.1, -0.05) is 0 Å². The van der Waals surface area contributed by atoms with Crippen LogP contribution in [-0.2, 0) is 14.1 Å². The molecule has 0 unspecified atom stereocenters. The molecular weight excluding hydrogens is 328 g/mol. The fraction of sp³-hybridized carbons (Fsp3) is 0.533. The summed E-state index contributed by atoms with van der Waals surface area (Å²) in [6, 6.07) is 2.32. The van der Waals surface area contributed by atoms with Crippen molar-refractivity contribution in [2.45, 2.75) is 47.8 Å². The van der Waals surface area contributed by atoms with E-state index in [2.05, 4.69) is 14.8 Å². The van der Waals surface area contributed by atoms with E-state index in [1.54, 1.807) is 7.05 Å². The third kappa shape index (κ3) is 2.29. The van der Waals surface area contributed by atoms with Crippen molar-refractivity contribution in [3.05, 3.63) is 32.2 Å². The van der Waals surface area contributed by atoms with Gasteiger partial charge in [0.15, 0.2) is 5.16 Å². The summed E-state index contributed by atoms with van der Waals surface area (Å²) in [5.41, 5.74) is -1.08. The van der Waals surface area contributed by atoms with E-state index in [0.29, 0.717) is 22.1 Å². The molecule has 0 N–H and O–H groups in total. The highest BCUT2D eigenvalue weighted by Gasteiger charge is 2.37. The Labute approximate surface area is 141 Å². The summed E-state index contributed by atoms with van der Waals surface area (Å²) in [5, 5.41) is 18.9.